The van der Waals surface area contributed by atoms with Crippen molar-refractivity contribution in [3.63, 3.8) is 0 Å². The molecular weight excluding hydrogens is 356 g/mol. The number of amides is 1. The van der Waals surface area contributed by atoms with Crippen LogP contribution in [0.15, 0.2) is 42.6 Å². The smallest absolute Gasteiger partial charge is 0.278 e. The number of para-hydroxylation sites is 1. The molecule has 1 amide bonds. The third-order valence-electron chi connectivity index (χ3n) is 5.84. The molecule has 3 atom stereocenters. The number of likely N-dealkylation sites (N-methyl/N-ethyl adjacent to an activating group) is 1. The van der Waals surface area contributed by atoms with Crippen molar-refractivity contribution in [3.8, 4) is 0 Å². The van der Waals surface area contributed by atoms with E-state index in [9.17, 15) is 4.79 Å². The minimum absolute atomic E-state index is 0.00890. The van der Waals surface area contributed by atoms with Gasteiger partial charge >= 0.3 is 0 Å². The first-order valence-corrected chi connectivity index (χ1v) is 10.4. The van der Waals surface area contributed by atoms with E-state index >= 15 is 0 Å². The van der Waals surface area contributed by atoms with E-state index in [0.717, 1.165) is 23.5 Å². The van der Waals surface area contributed by atoms with E-state index in [1.165, 1.54) is 21.7 Å². The van der Waals surface area contributed by atoms with Crippen LogP contribution in [-0.2, 0) is 11.8 Å². The number of thiazole rings is 1. The molecule has 0 bridgehead atoms. The molecule has 1 N–H and O–H groups in total. The Hall–Kier alpha value is -2.18. The molecule has 0 radical (unpaired) electrons. The molecule has 3 heterocycles. The van der Waals surface area contributed by atoms with Crippen LogP contribution in [0, 0.1) is 0 Å². The molecular formula is C21H27N4OS+. The molecule has 0 spiro atoms. The fourth-order valence-electron chi connectivity index (χ4n) is 4.09. The quantitative estimate of drug-likeness (QED) is 0.736. The predicted molar refractivity (Wildman–Crippen MR) is 109 cm³/mol. The number of rotatable bonds is 5. The first kappa shape index (κ1) is 18.2. The highest BCUT2D eigenvalue weighted by Crippen LogP contribution is 2.28. The van der Waals surface area contributed by atoms with Crippen molar-refractivity contribution in [3.05, 3.63) is 53.3 Å². The number of aryl methyl sites for hydroxylation is 1. The number of likely N-dealkylation sites (tertiary alicyclic amines) is 1. The number of benzene rings is 1. The van der Waals surface area contributed by atoms with E-state index in [2.05, 4.69) is 42.9 Å². The molecule has 3 aromatic rings. The van der Waals surface area contributed by atoms with Crippen molar-refractivity contribution < 1.29 is 9.69 Å². The van der Waals surface area contributed by atoms with Crippen LogP contribution in [-0.4, -0.2) is 40.5 Å². The Bertz CT molecular complexity index is 913. The molecule has 142 valence electrons. The van der Waals surface area contributed by atoms with Crippen molar-refractivity contribution in [2.75, 3.05) is 20.1 Å². The SMILES string of the molecule is C[C@H](c1nc2ccccc2s1)N(C)C(=O)C[NH+]1CCC[C@@H]1c1cccn1C. The van der Waals surface area contributed by atoms with Crippen molar-refractivity contribution in [1.29, 1.82) is 0 Å². The van der Waals surface area contributed by atoms with Gasteiger partial charge in [0, 0.05) is 33.1 Å². The van der Waals surface area contributed by atoms with Crippen LogP contribution in [0.5, 0.6) is 0 Å². The van der Waals surface area contributed by atoms with Crippen LogP contribution in [0.1, 0.15) is 42.6 Å². The van der Waals surface area contributed by atoms with Gasteiger partial charge in [-0.3, -0.25) is 4.79 Å². The normalized spacial score (nSPS) is 20.9. The molecule has 6 heteroatoms. The number of carbonyl (C=O) groups is 1. The summed E-state index contributed by atoms with van der Waals surface area (Å²) in [6, 6.07) is 12.8. The van der Waals surface area contributed by atoms with E-state index < -0.39 is 0 Å². The first-order chi connectivity index (χ1) is 13.0. The topological polar surface area (TPSA) is 42.6 Å². The number of carbonyl (C=O) groups excluding carboxylic acids is 1. The van der Waals surface area contributed by atoms with Gasteiger partial charge in [0.15, 0.2) is 6.54 Å². The lowest BCUT2D eigenvalue weighted by Crippen LogP contribution is -3.11. The molecule has 1 unspecified atom stereocenters. The zero-order valence-electron chi connectivity index (χ0n) is 16.2. The van der Waals surface area contributed by atoms with Gasteiger partial charge in [-0.1, -0.05) is 12.1 Å². The average Bonchev–Trinajstić information content (AvgIpc) is 3.39. The van der Waals surface area contributed by atoms with Gasteiger partial charge in [0.25, 0.3) is 5.91 Å². The van der Waals surface area contributed by atoms with Gasteiger partial charge in [0.2, 0.25) is 0 Å². The standard InChI is InChI=1S/C21H26N4OS/c1-15(21-22-16-8-4-5-11-19(16)27-21)24(3)20(26)14-25-13-7-10-18(25)17-9-6-12-23(17)2/h4-6,8-9,11-12,15,18H,7,10,13-14H2,1-3H3/p+1/t15-,18-/m1/s1. The van der Waals surface area contributed by atoms with Gasteiger partial charge in [-0.2, -0.15) is 0 Å². The maximum Gasteiger partial charge on any atom is 0.278 e. The Morgan fingerprint density at radius 1 is 1.37 bits per heavy atom. The molecule has 5 nitrogen and oxygen atoms in total. The third kappa shape index (κ3) is 3.51. The fourth-order valence-corrected chi connectivity index (χ4v) is 5.15. The molecule has 0 saturated carbocycles. The lowest BCUT2D eigenvalue weighted by molar-refractivity contribution is -0.911. The Kier molecular flexibility index (Phi) is 5.02. The lowest BCUT2D eigenvalue weighted by atomic mass is 10.1. The van der Waals surface area contributed by atoms with Gasteiger partial charge in [-0.15, -0.1) is 11.3 Å². The number of nitrogens with zero attached hydrogens (tertiary/aromatic N) is 3. The Morgan fingerprint density at radius 2 is 2.19 bits per heavy atom. The molecule has 4 rings (SSSR count). The van der Waals surface area contributed by atoms with E-state index in [4.69, 9.17) is 4.98 Å². The van der Waals surface area contributed by atoms with Crippen molar-refractivity contribution in [2.24, 2.45) is 7.05 Å². The summed E-state index contributed by atoms with van der Waals surface area (Å²) in [5.74, 6) is 0.192. The summed E-state index contributed by atoms with van der Waals surface area (Å²) < 4.78 is 3.36. The molecule has 1 fully saturated rings. The van der Waals surface area contributed by atoms with Crippen LogP contribution < -0.4 is 4.90 Å². The highest BCUT2D eigenvalue weighted by molar-refractivity contribution is 7.18. The number of fused-ring (bicyclic) bond motifs is 1. The molecule has 1 aliphatic heterocycles. The van der Waals surface area contributed by atoms with Crippen molar-refractivity contribution >= 4 is 27.5 Å². The van der Waals surface area contributed by atoms with Crippen LogP contribution >= 0.6 is 11.3 Å². The second-order valence-corrected chi connectivity index (χ2v) is 8.59. The van der Waals surface area contributed by atoms with Crippen LogP contribution in [0.25, 0.3) is 10.2 Å². The Morgan fingerprint density at radius 3 is 2.93 bits per heavy atom. The number of hydrogen-bond acceptors (Lipinski definition) is 3. The van der Waals surface area contributed by atoms with Gasteiger partial charge in [0.05, 0.1) is 28.5 Å². The zero-order valence-corrected chi connectivity index (χ0v) is 17.0. The lowest BCUT2D eigenvalue weighted by Gasteiger charge is -2.27. The van der Waals surface area contributed by atoms with Crippen molar-refractivity contribution in [1.82, 2.24) is 14.5 Å². The summed E-state index contributed by atoms with van der Waals surface area (Å²) in [5.41, 5.74) is 2.34. The second kappa shape index (κ2) is 7.44. The van der Waals surface area contributed by atoms with Crippen LogP contribution in [0.4, 0.5) is 0 Å². The Labute approximate surface area is 164 Å². The summed E-state index contributed by atoms with van der Waals surface area (Å²) in [5, 5.41) is 1.00. The largest absolute Gasteiger partial charge is 0.350 e. The molecule has 2 aromatic heterocycles. The van der Waals surface area contributed by atoms with Gasteiger partial charge in [-0.05, 0) is 31.2 Å². The van der Waals surface area contributed by atoms with E-state index in [0.29, 0.717) is 12.6 Å². The predicted octanol–water partition coefficient (Wildman–Crippen LogP) is 2.57. The average molecular weight is 384 g/mol. The number of hydrogen-bond donors (Lipinski definition) is 1. The van der Waals surface area contributed by atoms with Gasteiger partial charge < -0.3 is 14.4 Å². The highest BCUT2D eigenvalue weighted by Gasteiger charge is 2.34. The maximum absolute atomic E-state index is 13.0. The minimum Gasteiger partial charge on any atom is -0.350 e. The molecule has 0 aliphatic carbocycles. The summed E-state index contributed by atoms with van der Waals surface area (Å²) in [6.07, 6.45) is 4.42. The molecule has 27 heavy (non-hydrogen) atoms. The fraction of sp³-hybridized carbons (Fsp3) is 0.429. The van der Waals surface area contributed by atoms with Crippen LogP contribution in [0.3, 0.4) is 0 Å². The second-order valence-electron chi connectivity index (χ2n) is 7.52. The van der Waals surface area contributed by atoms with Gasteiger partial charge in [-0.25, -0.2) is 4.98 Å². The number of quaternary nitrogens is 1. The summed E-state index contributed by atoms with van der Waals surface area (Å²) in [7, 11) is 4.00. The molecule has 1 saturated heterocycles. The summed E-state index contributed by atoms with van der Waals surface area (Å²) in [6.45, 7) is 3.68. The minimum atomic E-state index is -0.00890. The summed E-state index contributed by atoms with van der Waals surface area (Å²) >= 11 is 1.68. The first-order valence-electron chi connectivity index (χ1n) is 9.61. The summed E-state index contributed by atoms with van der Waals surface area (Å²) in [4.78, 5) is 21.0. The van der Waals surface area contributed by atoms with Crippen molar-refractivity contribution in [2.45, 2.75) is 31.8 Å². The number of aromatic nitrogens is 2. The molecule has 1 aliphatic rings. The van der Waals surface area contributed by atoms with E-state index in [1.54, 1.807) is 11.3 Å². The zero-order chi connectivity index (χ0) is 19.0. The third-order valence-corrected chi connectivity index (χ3v) is 7.05. The van der Waals surface area contributed by atoms with E-state index in [1.807, 2.05) is 30.1 Å². The highest BCUT2D eigenvalue weighted by atomic mass is 32.1. The Balaban J connectivity index is 1.46. The monoisotopic (exact) mass is 383 g/mol. The molecule has 1 aromatic carbocycles. The maximum atomic E-state index is 13.0. The van der Waals surface area contributed by atoms with Gasteiger partial charge in [0.1, 0.15) is 11.0 Å². The van der Waals surface area contributed by atoms with Crippen LogP contribution in [0.2, 0.25) is 0 Å². The van der Waals surface area contributed by atoms with E-state index in [-0.39, 0.29) is 11.9 Å². The number of nitrogens with one attached hydrogen (secondary N) is 1.